The molecule has 0 saturated heterocycles. The van der Waals surface area contributed by atoms with E-state index in [1.807, 2.05) is 44.4 Å². The van der Waals surface area contributed by atoms with Crippen LogP contribution in [0.15, 0.2) is 48.7 Å². The molecule has 1 aromatic carbocycles. The molecule has 8 nitrogen and oxygen atoms in total. The number of pyridine rings is 1. The highest BCUT2D eigenvalue weighted by molar-refractivity contribution is 5.96. The van der Waals surface area contributed by atoms with Crippen LogP contribution < -0.4 is 20.3 Å². The number of para-hydroxylation sites is 1. The number of amides is 1. The number of nitrogens with zero attached hydrogens (tertiary/aromatic N) is 4. The Bertz CT molecular complexity index is 1190. The van der Waals surface area contributed by atoms with E-state index in [-0.39, 0.29) is 11.9 Å². The topological polar surface area (TPSA) is 92.3 Å². The van der Waals surface area contributed by atoms with E-state index < -0.39 is 0 Å². The van der Waals surface area contributed by atoms with Crippen LogP contribution in [-0.2, 0) is 12.8 Å². The largest absolute Gasteiger partial charge is 0.438 e. The summed E-state index contributed by atoms with van der Waals surface area (Å²) >= 11 is 0. The van der Waals surface area contributed by atoms with Gasteiger partial charge < -0.3 is 20.3 Å². The maximum atomic E-state index is 13.1. The highest BCUT2D eigenvalue weighted by Crippen LogP contribution is 2.30. The third-order valence-corrected chi connectivity index (χ3v) is 6.95. The van der Waals surface area contributed by atoms with Crippen LogP contribution >= 0.6 is 0 Å². The van der Waals surface area contributed by atoms with Crippen molar-refractivity contribution in [3.63, 3.8) is 0 Å². The zero-order chi connectivity index (χ0) is 24.9. The van der Waals surface area contributed by atoms with Crippen LogP contribution in [0.1, 0.15) is 60.1 Å². The first-order valence-electron chi connectivity index (χ1n) is 12.9. The molecule has 2 heterocycles. The number of anilines is 2. The molecular weight excluding hydrogens is 452 g/mol. The second-order valence-corrected chi connectivity index (χ2v) is 9.84. The van der Waals surface area contributed by atoms with Gasteiger partial charge in [-0.05, 0) is 75.6 Å². The lowest BCUT2D eigenvalue weighted by molar-refractivity contribution is 0.0923. The summed E-state index contributed by atoms with van der Waals surface area (Å²) in [6.45, 7) is 0. The number of hydrogen-bond acceptors (Lipinski definition) is 7. The normalized spacial score (nSPS) is 19.2. The first-order valence-corrected chi connectivity index (χ1v) is 12.9. The van der Waals surface area contributed by atoms with Crippen LogP contribution in [0.2, 0.25) is 0 Å². The van der Waals surface area contributed by atoms with Crippen molar-refractivity contribution in [3.05, 3.63) is 65.5 Å². The molecule has 2 aromatic heterocycles. The van der Waals surface area contributed by atoms with Gasteiger partial charge in [-0.15, -0.1) is 0 Å². The predicted molar refractivity (Wildman–Crippen MR) is 141 cm³/mol. The predicted octanol–water partition coefficient (Wildman–Crippen LogP) is 4.76. The quantitative estimate of drug-likeness (QED) is 0.497. The SMILES string of the molecule is CN(C)c1nc(N[C@H]2CC[C@@H](NC(=O)c3cccnc3Oc3ccccc3)CC2)nc2c1CCCC2. The molecular formula is C28H34N6O2. The van der Waals surface area contributed by atoms with Gasteiger partial charge in [-0.3, -0.25) is 4.79 Å². The maximum absolute atomic E-state index is 13.1. The summed E-state index contributed by atoms with van der Waals surface area (Å²) in [6, 6.07) is 13.3. The molecule has 0 unspecified atom stereocenters. The summed E-state index contributed by atoms with van der Waals surface area (Å²) in [5.41, 5.74) is 2.93. The van der Waals surface area contributed by atoms with Gasteiger partial charge in [-0.2, -0.15) is 4.98 Å². The van der Waals surface area contributed by atoms with E-state index in [2.05, 4.69) is 20.5 Å². The highest BCUT2D eigenvalue weighted by atomic mass is 16.5. The monoisotopic (exact) mass is 486 g/mol. The number of carbonyl (C=O) groups is 1. The Hall–Kier alpha value is -3.68. The van der Waals surface area contributed by atoms with Gasteiger partial charge in [-0.25, -0.2) is 9.97 Å². The van der Waals surface area contributed by atoms with Crippen LogP contribution in [0.4, 0.5) is 11.8 Å². The van der Waals surface area contributed by atoms with Crippen molar-refractivity contribution in [2.45, 2.75) is 63.5 Å². The number of fused-ring (bicyclic) bond motifs is 1. The van der Waals surface area contributed by atoms with Crippen molar-refractivity contribution >= 4 is 17.7 Å². The molecule has 2 aliphatic rings. The van der Waals surface area contributed by atoms with Crippen LogP contribution in [0.5, 0.6) is 11.6 Å². The fraction of sp³-hybridized carbons (Fsp3) is 0.429. The van der Waals surface area contributed by atoms with Crippen LogP contribution in [-0.4, -0.2) is 47.0 Å². The lowest BCUT2D eigenvalue weighted by Crippen LogP contribution is -2.40. The second-order valence-electron chi connectivity index (χ2n) is 9.84. The zero-order valence-corrected chi connectivity index (χ0v) is 21.0. The molecule has 0 spiro atoms. The van der Waals surface area contributed by atoms with Gasteiger partial charge in [0.2, 0.25) is 11.8 Å². The summed E-state index contributed by atoms with van der Waals surface area (Å²) in [7, 11) is 4.10. The summed E-state index contributed by atoms with van der Waals surface area (Å²) in [5.74, 6) is 2.58. The number of ether oxygens (including phenoxy) is 1. The zero-order valence-electron chi connectivity index (χ0n) is 21.0. The van der Waals surface area contributed by atoms with Gasteiger partial charge in [0.15, 0.2) is 0 Å². The van der Waals surface area contributed by atoms with Crippen LogP contribution in [0.3, 0.4) is 0 Å². The molecule has 5 rings (SSSR count). The van der Waals surface area contributed by atoms with E-state index in [9.17, 15) is 4.79 Å². The van der Waals surface area contributed by atoms with Gasteiger partial charge in [0.1, 0.15) is 17.1 Å². The number of hydrogen-bond donors (Lipinski definition) is 2. The van der Waals surface area contributed by atoms with Crippen molar-refractivity contribution in [1.29, 1.82) is 0 Å². The fourth-order valence-electron chi connectivity index (χ4n) is 5.08. The summed E-state index contributed by atoms with van der Waals surface area (Å²) in [4.78, 5) is 29.2. The molecule has 2 aliphatic carbocycles. The lowest BCUT2D eigenvalue weighted by atomic mass is 9.91. The number of aryl methyl sites for hydroxylation is 1. The van der Waals surface area contributed by atoms with Crippen molar-refractivity contribution in [1.82, 2.24) is 20.3 Å². The molecule has 8 heteroatoms. The maximum Gasteiger partial charge on any atom is 0.257 e. The minimum absolute atomic E-state index is 0.113. The molecule has 3 aromatic rings. The second kappa shape index (κ2) is 10.9. The van der Waals surface area contributed by atoms with E-state index >= 15 is 0 Å². The number of carbonyl (C=O) groups excluding carboxylic acids is 1. The molecule has 1 fully saturated rings. The Labute approximate surface area is 212 Å². The highest BCUT2D eigenvalue weighted by Gasteiger charge is 2.26. The van der Waals surface area contributed by atoms with Crippen molar-refractivity contribution in [2.75, 3.05) is 24.3 Å². The van der Waals surface area contributed by atoms with Crippen LogP contribution in [0, 0.1) is 0 Å². The third kappa shape index (κ3) is 5.58. The van der Waals surface area contributed by atoms with Gasteiger partial charge >= 0.3 is 0 Å². The molecule has 36 heavy (non-hydrogen) atoms. The first kappa shape index (κ1) is 24.0. The smallest absolute Gasteiger partial charge is 0.257 e. The van der Waals surface area contributed by atoms with E-state index in [4.69, 9.17) is 14.7 Å². The molecule has 0 bridgehead atoms. The molecule has 0 radical (unpaired) electrons. The Morgan fingerprint density at radius 2 is 1.69 bits per heavy atom. The number of benzene rings is 1. The van der Waals surface area contributed by atoms with Crippen molar-refractivity contribution < 1.29 is 9.53 Å². The van der Waals surface area contributed by atoms with E-state index in [1.165, 1.54) is 24.1 Å². The number of rotatable bonds is 7. The van der Waals surface area contributed by atoms with Gasteiger partial charge in [-0.1, -0.05) is 18.2 Å². The molecule has 1 amide bonds. The van der Waals surface area contributed by atoms with Gasteiger partial charge in [0.05, 0.1) is 5.69 Å². The Morgan fingerprint density at radius 1 is 0.944 bits per heavy atom. The minimum atomic E-state index is -0.154. The van der Waals surface area contributed by atoms with Crippen LogP contribution in [0.25, 0.3) is 0 Å². The Balaban J connectivity index is 1.18. The lowest BCUT2D eigenvalue weighted by Gasteiger charge is -2.30. The summed E-state index contributed by atoms with van der Waals surface area (Å²) in [5, 5.41) is 6.76. The van der Waals surface area contributed by atoms with Gasteiger partial charge in [0, 0.05) is 37.9 Å². The van der Waals surface area contributed by atoms with E-state index in [0.29, 0.717) is 23.2 Å². The Kier molecular flexibility index (Phi) is 7.30. The molecule has 188 valence electrons. The minimum Gasteiger partial charge on any atom is -0.438 e. The molecule has 0 aliphatic heterocycles. The van der Waals surface area contributed by atoms with Crippen molar-refractivity contribution in [3.8, 4) is 11.6 Å². The first-order chi connectivity index (χ1) is 17.6. The molecule has 2 N–H and O–H groups in total. The van der Waals surface area contributed by atoms with E-state index in [1.54, 1.807) is 18.3 Å². The standard InChI is InChI=1S/C28H34N6O2/c1-34(2)25-22-11-6-7-13-24(22)32-28(33-25)31-20-16-14-19(15-17-20)30-26(35)23-12-8-18-29-27(23)36-21-9-4-3-5-10-21/h3-5,8-10,12,18-20H,6-7,11,13-17H2,1-2H3,(H,30,35)(H,31,32,33)/t19-,20+. The third-order valence-electron chi connectivity index (χ3n) is 6.95. The van der Waals surface area contributed by atoms with Crippen molar-refractivity contribution in [2.24, 2.45) is 0 Å². The number of nitrogens with one attached hydrogen (secondary N) is 2. The summed E-state index contributed by atoms with van der Waals surface area (Å²) in [6.07, 6.45) is 9.80. The van der Waals surface area contributed by atoms with Gasteiger partial charge in [0.25, 0.3) is 5.91 Å². The Morgan fingerprint density at radius 3 is 2.47 bits per heavy atom. The number of aromatic nitrogens is 3. The fourth-order valence-corrected chi connectivity index (χ4v) is 5.08. The average Bonchev–Trinajstić information content (AvgIpc) is 2.90. The molecule has 1 saturated carbocycles. The summed E-state index contributed by atoms with van der Waals surface area (Å²) < 4.78 is 5.87. The molecule has 0 atom stereocenters. The van der Waals surface area contributed by atoms with E-state index in [0.717, 1.165) is 50.3 Å². The average molecular weight is 487 g/mol.